The topological polar surface area (TPSA) is 75.7 Å². The normalized spacial score (nSPS) is 29.1. The molecule has 1 N–H and O–H groups in total. The van der Waals surface area contributed by atoms with E-state index in [4.69, 9.17) is 4.74 Å². The van der Waals surface area contributed by atoms with E-state index in [1.807, 2.05) is 37.3 Å². The number of nitrogens with zero attached hydrogens (tertiary/aromatic N) is 1. The predicted octanol–water partition coefficient (Wildman–Crippen LogP) is 2.38. The number of benzene rings is 2. The van der Waals surface area contributed by atoms with Crippen molar-refractivity contribution < 1.29 is 19.1 Å². The van der Waals surface area contributed by atoms with Gasteiger partial charge in [0.05, 0.1) is 24.6 Å². The molecule has 4 atom stereocenters. The number of para-hydroxylation sites is 1. The lowest BCUT2D eigenvalue weighted by atomic mass is 9.80. The van der Waals surface area contributed by atoms with Crippen LogP contribution in [0.2, 0.25) is 0 Å². The highest BCUT2D eigenvalue weighted by atomic mass is 16.5. The number of imide groups is 1. The SMILES string of the molecule is COC(=O)[C@]1(C)N[C@H](c2cccc(C)c2)[C@H]2C(=O)N(c3ccccc3)C(=O)[C@H]21. The number of methoxy groups -OCH3 is 1. The lowest BCUT2D eigenvalue weighted by Gasteiger charge is -2.28. The number of nitrogens with one attached hydrogen (secondary N) is 1. The second-order valence-corrected chi connectivity index (χ2v) is 7.58. The van der Waals surface area contributed by atoms with E-state index in [-0.39, 0.29) is 11.8 Å². The van der Waals surface area contributed by atoms with Crippen LogP contribution in [0.3, 0.4) is 0 Å². The number of carbonyl (C=O) groups is 3. The second-order valence-electron chi connectivity index (χ2n) is 7.58. The van der Waals surface area contributed by atoms with Gasteiger partial charge in [0.1, 0.15) is 5.54 Å². The summed E-state index contributed by atoms with van der Waals surface area (Å²) in [6.45, 7) is 3.61. The average molecular weight is 378 g/mol. The third kappa shape index (κ3) is 2.56. The van der Waals surface area contributed by atoms with Crippen LogP contribution in [0.25, 0.3) is 0 Å². The van der Waals surface area contributed by atoms with Crippen LogP contribution in [0.5, 0.6) is 0 Å². The molecule has 4 rings (SSSR count). The van der Waals surface area contributed by atoms with E-state index >= 15 is 0 Å². The fourth-order valence-electron chi connectivity index (χ4n) is 4.52. The number of esters is 1. The Morgan fingerprint density at radius 1 is 1.07 bits per heavy atom. The smallest absolute Gasteiger partial charge is 0.326 e. The van der Waals surface area contributed by atoms with E-state index in [1.54, 1.807) is 31.2 Å². The lowest BCUT2D eigenvalue weighted by Crippen LogP contribution is -2.54. The Kier molecular flexibility index (Phi) is 4.31. The summed E-state index contributed by atoms with van der Waals surface area (Å²) in [7, 11) is 1.29. The number of anilines is 1. The van der Waals surface area contributed by atoms with E-state index in [2.05, 4.69) is 5.32 Å². The number of rotatable bonds is 3. The van der Waals surface area contributed by atoms with Gasteiger partial charge in [0.15, 0.2) is 0 Å². The van der Waals surface area contributed by atoms with Crippen LogP contribution in [0.15, 0.2) is 54.6 Å². The Balaban J connectivity index is 1.84. The fraction of sp³-hybridized carbons (Fsp3) is 0.318. The molecule has 2 fully saturated rings. The van der Waals surface area contributed by atoms with Crippen molar-refractivity contribution in [3.63, 3.8) is 0 Å². The third-order valence-electron chi connectivity index (χ3n) is 5.81. The maximum Gasteiger partial charge on any atom is 0.326 e. The van der Waals surface area contributed by atoms with Gasteiger partial charge in [-0.3, -0.25) is 19.7 Å². The minimum atomic E-state index is -1.29. The van der Waals surface area contributed by atoms with Gasteiger partial charge in [-0.2, -0.15) is 0 Å². The van der Waals surface area contributed by atoms with Crippen molar-refractivity contribution in [2.45, 2.75) is 25.4 Å². The first kappa shape index (κ1) is 18.4. The number of carbonyl (C=O) groups excluding carboxylic acids is 3. The van der Waals surface area contributed by atoms with Gasteiger partial charge in [-0.15, -0.1) is 0 Å². The lowest BCUT2D eigenvalue weighted by molar-refractivity contribution is -0.151. The highest BCUT2D eigenvalue weighted by molar-refractivity contribution is 6.24. The molecule has 144 valence electrons. The summed E-state index contributed by atoms with van der Waals surface area (Å²) in [6, 6.07) is 16.1. The molecule has 0 bridgehead atoms. The fourth-order valence-corrected chi connectivity index (χ4v) is 4.52. The quantitative estimate of drug-likeness (QED) is 0.656. The summed E-state index contributed by atoms with van der Waals surface area (Å²) in [5.74, 6) is -2.74. The maximum atomic E-state index is 13.4. The molecule has 6 heteroatoms. The van der Waals surface area contributed by atoms with Gasteiger partial charge in [-0.05, 0) is 31.5 Å². The number of hydrogen-bond acceptors (Lipinski definition) is 5. The standard InChI is InChI=1S/C22H22N2O4/c1-13-8-7-9-14(12-13)18-16-17(22(2,23-18)21(27)28-3)20(26)24(19(16)25)15-10-5-4-6-11-15/h4-12,16-18,23H,1-3H3/t16-,17-,18+,22+/m0/s1. The van der Waals surface area contributed by atoms with Crippen molar-refractivity contribution in [2.24, 2.45) is 11.8 Å². The van der Waals surface area contributed by atoms with Crippen molar-refractivity contribution >= 4 is 23.5 Å². The summed E-state index contributed by atoms with van der Waals surface area (Å²) >= 11 is 0. The molecule has 0 aromatic heterocycles. The molecule has 0 spiro atoms. The molecule has 28 heavy (non-hydrogen) atoms. The Hall–Kier alpha value is -2.99. The third-order valence-corrected chi connectivity index (χ3v) is 5.81. The van der Waals surface area contributed by atoms with Crippen LogP contribution in [0.4, 0.5) is 5.69 Å². The van der Waals surface area contributed by atoms with Gasteiger partial charge < -0.3 is 4.74 Å². The Morgan fingerprint density at radius 2 is 1.79 bits per heavy atom. The van der Waals surface area contributed by atoms with Gasteiger partial charge in [0.25, 0.3) is 0 Å². The molecule has 0 saturated carbocycles. The Bertz CT molecular complexity index is 958. The summed E-state index contributed by atoms with van der Waals surface area (Å²) in [5, 5.41) is 3.25. The van der Waals surface area contributed by atoms with Gasteiger partial charge in [0.2, 0.25) is 11.8 Å². The monoisotopic (exact) mass is 378 g/mol. The van der Waals surface area contributed by atoms with Crippen molar-refractivity contribution in [1.29, 1.82) is 0 Å². The summed E-state index contributed by atoms with van der Waals surface area (Å²) in [5.41, 5.74) is 1.14. The zero-order valence-corrected chi connectivity index (χ0v) is 16.0. The first-order valence-electron chi connectivity index (χ1n) is 9.24. The van der Waals surface area contributed by atoms with Crippen molar-refractivity contribution in [3.05, 3.63) is 65.7 Å². The Morgan fingerprint density at radius 3 is 2.43 bits per heavy atom. The molecule has 2 aliphatic heterocycles. The van der Waals surface area contributed by atoms with E-state index in [9.17, 15) is 14.4 Å². The molecule has 2 aromatic rings. The first-order valence-corrected chi connectivity index (χ1v) is 9.24. The van der Waals surface area contributed by atoms with Crippen LogP contribution in [0.1, 0.15) is 24.1 Å². The molecule has 2 amide bonds. The van der Waals surface area contributed by atoms with Crippen LogP contribution in [-0.2, 0) is 19.1 Å². The van der Waals surface area contributed by atoms with E-state index in [0.717, 1.165) is 11.1 Å². The van der Waals surface area contributed by atoms with Gasteiger partial charge in [0, 0.05) is 6.04 Å². The molecule has 2 saturated heterocycles. The summed E-state index contributed by atoms with van der Waals surface area (Å²) in [4.78, 5) is 40.6. The maximum absolute atomic E-state index is 13.4. The zero-order valence-electron chi connectivity index (χ0n) is 16.0. The molecule has 0 aliphatic carbocycles. The van der Waals surface area contributed by atoms with E-state index in [1.165, 1.54) is 12.0 Å². The molecular formula is C22H22N2O4. The average Bonchev–Trinajstić information content (AvgIpc) is 3.16. The van der Waals surface area contributed by atoms with E-state index < -0.39 is 29.4 Å². The summed E-state index contributed by atoms with van der Waals surface area (Å²) in [6.07, 6.45) is 0. The molecule has 2 heterocycles. The van der Waals surface area contributed by atoms with Gasteiger partial charge in [-0.1, -0.05) is 48.0 Å². The molecular weight excluding hydrogens is 356 g/mol. The number of fused-ring (bicyclic) bond motifs is 1. The highest BCUT2D eigenvalue weighted by Crippen LogP contribution is 2.49. The van der Waals surface area contributed by atoms with Crippen LogP contribution < -0.4 is 10.2 Å². The Labute approximate surface area is 163 Å². The van der Waals surface area contributed by atoms with Crippen LogP contribution >= 0.6 is 0 Å². The number of amides is 2. The number of aryl methyl sites for hydroxylation is 1. The molecule has 0 radical (unpaired) electrons. The molecule has 2 aromatic carbocycles. The molecule has 0 unspecified atom stereocenters. The molecule has 6 nitrogen and oxygen atoms in total. The predicted molar refractivity (Wildman–Crippen MR) is 103 cm³/mol. The van der Waals surface area contributed by atoms with Crippen LogP contribution in [0, 0.1) is 18.8 Å². The van der Waals surface area contributed by atoms with Crippen LogP contribution in [-0.4, -0.2) is 30.4 Å². The summed E-state index contributed by atoms with van der Waals surface area (Å²) < 4.78 is 4.99. The van der Waals surface area contributed by atoms with Crippen molar-refractivity contribution in [1.82, 2.24) is 5.32 Å². The number of ether oxygens (including phenoxy) is 1. The highest BCUT2D eigenvalue weighted by Gasteiger charge is 2.67. The minimum absolute atomic E-state index is 0.298. The second kappa shape index (κ2) is 6.56. The minimum Gasteiger partial charge on any atom is -0.468 e. The first-order chi connectivity index (χ1) is 13.4. The van der Waals surface area contributed by atoms with Crippen molar-refractivity contribution in [2.75, 3.05) is 12.0 Å². The van der Waals surface area contributed by atoms with Gasteiger partial charge in [-0.25, -0.2) is 4.90 Å². The largest absolute Gasteiger partial charge is 0.468 e. The molecule has 2 aliphatic rings. The van der Waals surface area contributed by atoms with E-state index in [0.29, 0.717) is 5.69 Å². The number of hydrogen-bond donors (Lipinski definition) is 1. The van der Waals surface area contributed by atoms with Gasteiger partial charge >= 0.3 is 5.97 Å². The van der Waals surface area contributed by atoms with Crippen molar-refractivity contribution in [3.8, 4) is 0 Å². The zero-order chi connectivity index (χ0) is 20.1.